The van der Waals surface area contributed by atoms with Crippen molar-refractivity contribution in [1.29, 1.82) is 0 Å². The average molecular weight is 324 g/mol. The quantitative estimate of drug-likeness (QED) is 0.679. The summed E-state index contributed by atoms with van der Waals surface area (Å²) in [5, 5.41) is 11.7. The molecule has 0 bridgehead atoms. The molecule has 0 amide bonds. The molecule has 0 atom stereocenters. The normalized spacial score (nSPS) is 11.1. The average Bonchev–Trinajstić information content (AvgIpc) is 3.03. The number of thiophene rings is 2. The lowest BCUT2D eigenvalue weighted by atomic mass is 10.1. The molecule has 20 heavy (non-hydrogen) atoms. The first-order valence-electron chi connectivity index (χ1n) is 5.76. The Kier molecular flexibility index (Phi) is 3.78. The van der Waals surface area contributed by atoms with Gasteiger partial charge in [-0.3, -0.25) is 0 Å². The number of carbonyl (C=O) groups is 1. The first kappa shape index (κ1) is 13.6. The number of hydrogen-bond donors (Lipinski definition) is 1. The van der Waals surface area contributed by atoms with Crippen LogP contribution in [-0.4, -0.2) is 11.1 Å². The van der Waals surface area contributed by atoms with Gasteiger partial charge in [-0.15, -0.1) is 34.4 Å². The maximum atomic E-state index is 14.0. The minimum Gasteiger partial charge on any atom is -0.477 e. The molecule has 0 aliphatic rings. The van der Waals surface area contributed by atoms with E-state index in [0.29, 0.717) is 21.4 Å². The molecule has 3 rings (SSSR count). The van der Waals surface area contributed by atoms with Gasteiger partial charge in [-0.05, 0) is 29.1 Å². The lowest BCUT2D eigenvalue weighted by Gasteiger charge is -2.01. The van der Waals surface area contributed by atoms with Gasteiger partial charge >= 0.3 is 5.97 Å². The van der Waals surface area contributed by atoms with Crippen LogP contribution in [0, 0.1) is 5.82 Å². The summed E-state index contributed by atoms with van der Waals surface area (Å²) < 4.78 is 15.8. The first-order valence-corrected chi connectivity index (χ1v) is 8.44. The van der Waals surface area contributed by atoms with Crippen LogP contribution < -0.4 is 0 Å². The van der Waals surface area contributed by atoms with E-state index < -0.39 is 5.97 Å². The highest BCUT2D eigenvalue weighted by atomic mass is 32.2. The number of fused-ring (bicyclic) bond motifs is 1. The zero-order valence-electron chi connectivity index (χ0n) is 10.1. The van der Waals surface area contributed by atoms with Crippen molar-refractivity contribution in [2.45, 2.75) is 9.96 Å². The van der Waals surface area contributed by atoms with E-state index in [0.717, 1.165) is 15.5 Å². The topological polar surface area (TPSA) is 37.3 Å². The number of rotatable bonds is 4. The smallest absolute Gasteiger partial charge is 0.346 e. The second-order valence-corrected chi connectivity index (χ2v) is 7.32. The van der Waals surface area contributed by atoms with Gasteiger partial charge in [0.1, 0.15) is 10.7 Å². The second kappa shape index (κ2) is 5.55. The van der Waals surface area contributed by atoms with Gasteiger partial charge in [0.25, 0.3) is 0 Å². The lowest BCUT2D eigenvalue weighted by Crippen LogP contribution is -1.97. The van der Waals surface area contributed by atoms with Crippen LogP contribution in [0.4, 0.5) is 4.39 Å². The largest absolute Gasteiger partial charge is 0.477 e. The molecule has 1 aromatic carbocycles. The van der Waals surface area contributed by atoms with Crippen molar-refractivity contribution in [1.82, 2.24) is 0 Å². The fourth-order valence-corrected chi connectivity index (χ4v) is 4.95. The fraction of sp³-hybridized carbons (Fsp3) is 0.0714. The van der Waals surface area contributed by atoms with Crippen LogP contribution >= 0.6 is 34.4 Å². The molecule has 0 aliphatic heterocycles. The van der Waals surface area contributed by atoms with Gasteiger partial charge in [0.2, 0.25) is 0 Å². The Labute approximate surface area is 126 Å². The van der Waals surface area contributed by atoms with Crippen LogP contribution in [0.1, 0.15) is 15.2 Å². The summed E-state index contributed by atoms with van der Waals surface area (Å²) in [5.74, 6) is -0.885. The van der Waals surface area contributed by atoms with Crippen molar-refractivity contribution in [2.75, 3.05) is 0 Å². The molecule has 2 heterocycles. The molecule has 0 saturated heterocycles. The molecule has 0 unspecified atom stereocenters. The number of halogens is 1. The zero-order valence-corrected chi connectivity index (χ0v) is 12.6. The molecule has 102 valence electrons. The summed E-state index contributed by atoms with van der Waals surface area (Å²) in [6.07, 6.45) is 0. The summed E-state index contributed by atoms with van der Waals surface area (Å²) in [6, 6.07) is 8.66. The highest BCUT2D eigenvalue weighted by molar-refractivity contribution is 8.00. The third-order valence-corrected chi connectivity index (χ3v) is 6.15. The maximum Gasteiger partial charge on any atom is 0.346 e. The minimum absolute atomic E-state index is 0.231. The lowest BCUT2D eigenvalue weighted by molar-refractivity contribution is 0.0701. The van der Waals surface area contributed by atoms with E-state index in [-0.39, 0.29) is 10.7 Å². The third kappa shape index (κ3) is 2.46. The Hall–Kier alpha value is -1.37. The third-order valence-electron chi connectivity index (χ3n) is 2.81. The summed E-state index contributed by atoms with van der Waals surface area (Å²) in [7, 11) is 0. The molecule has 0 spiro atoms. The summed E-state index contributed by atoms with van der Waals surface area (Å²) in [6.45, 7) is 0. The Morgan fingerprint density at radius 2 is 2.15 bits per heavy atom. The molecular formula is C14H9FO2S3. The van der Waals surface area contributed by atoms with Crippen molar-refractivity contribution < 1.29 is 14.3 Å². The van der Waals surface area contributed by atoms with Gasteiger partial charge in [0.05, 0.1) is 4.21 Å². The van der Waals surface area contributed by atoms with Crippen LogP contribution in [0.5, 0.6) is 0 Å². The highest BCUT2D eigenvalue weighted by Crippen LogP contribution is 2.37. The Balaban J connectivity index is 2.06. The Bertz CT molecular complexity index is 762. The van der Waals surface area contributed by atoms with Crippen LogP contribution in [-0.2, 0) is 5.75 Å². The molecule has 6 heteroatoms. The minimum atomic E-state index is -0.993. The molecule has 0 fully saturated rings. The number of carboxylic acid groups (broad SMARTS) is 1. The van der Waals surface area contributed by atoms with Crippen molar-refractivity contribution in [3.8, 4) is 0 Å². The molecule has 2 nitrogen and oxygen atoms in total. The van der Waals surface area contributed by atoms with Crippen molar-refractivity contribution in [2.24, 2.45) is 0 Å². The molecule has 0 radical (unpaired) electrons. The number of carboxylic acids is 1. The van der Waals surface area contributed by atoms with E-state index >= 15 is 0 Å². The van der Waals surface area contributed by atoms with Gasteiger partial charge in [-0.2, -0.15) is 0 Å². The SMILES string of the molecule is O=C(O)c1sc2cccc(F)c2c1CSc1cccs1. The summed E-state index contributed by atoms with van der Waals surface area (Å²) in [5.41, 5.74) is 0.578. The van der Waals surface area contributed by atoms with Gasteiger partial charge in [0, 0.05) is 15.8 Å². The van der Waals surface area contributed by atoms with E-state index in [2.05, 4.69) is 0 Å². The molecule has 3 aromatic rings. The molecular weight excluding hydrogens is 315 g/mol. The molecule has 0 aliphatic carbocycles. The van der Waals surface area contributed by atoms with E-state index in [1.807, 2.05) is 17.5 Å². The fourth-order valence-electron chi connectivity index (χ4n) is 1.97. The second-order valence-electron chi connectivity index (χ2n) is 4.05. The van der Waals surface area contributed by atoms with Crippen LogP contribution in [0.15, 0.2) is 39.9 Å². The first-order chi connectivity index (χ1) is 9.66. The molecule has 1 N–H and O–H groups in total. The molecule has 0 saturated carbocycles. The Morgan fingerprint density at radius 1 is 1.30 bits per heavy atom. The monoisotopic (exact) mass is 324 g/mol. The number of thioether (sulfide) groups is 1. The van der Waals surface area contributed by atoms with Crippen LogP contribution in [0.3, 0.4) is 0 Å². The van der Waals surface area contributed by atoms with Gasteiger partial charge in [-0.25, -0.2) is 9.18 Å². The van der Waals surface area contributed by atoms with E-state index in [4.69, 9.17) is 0 Å². The van der Waals surface area contributed by atoms with Crippen molar-refractivity contribution in [3.05, 3.63) is 52.0 Å². The number of aromatic carboxylic acids is 1. The predicted octanol–water partition coefficient (Wildman–Crippen LogP) is 5.09. The van der Waals surface area contributed by atoms with Crippen molar-refractivity contribution in [3.63, 3.8) is 0 Å². The van der Waals surface area contributed by atoms with Crippen LogP contribution in [0.2, 0.25) is 0 Å². The van der Waals surface area contributed by atoms with Crippen LogP contribution in [0.25, 0.3) is 10.1 Å². The zero-order chi connectivity index (χ0) is 14.1. The van der Waals surface area contributed by atoms with Gasteiger partial charge < -0.3 is 5.11 Å². The highest BCUT2D eigenvalue weighted by Gasteiger charge is 2.20. The van der Waals surface area contributed by atoms with E-state index in [1.165, 1.54) is 17.8 Å². The Morgan fingerprint density at radius 3 is 2.85 bits per heavy atom. The predicted molar refractivity (Wildman–Crippen MR) is 82.6 cm³/mol. The van der Waals surface area contributed by atoms with Crippen molar-refractivity contribution >= 4 is 50.5 Å². The number of hydrogen-bond acceptors (Lipinski definition) is 4. The van der Waals surface area contributed by atoms with E-state index in [9.17, 15) is 14.3 Å². The summed E-state index contributed by atoms with van der Waals surface area (Å²) >= 11 is 4.26. The standard InChI is InChI=1S/C14H9FO2S3/c15-9-3-1-4-10-12(9)8(13(20-10)14(16)17)7-19-11-5-2-6-18-11/h1-6H,7H2,(H,16,17). The van der Waals surface area contributed by atoms with E-state index in [1.54, 1.807) is 23.5 Å². The molecule has 2 aromatic heterocycles. The number of benzene rings is 1. The van der Waals surface area contributed by atoms with Gasteiger partial charge in [0.15, 0.2) is 0 Å². The summed E-state index contributed by atoms with van der Waals surface area (Å²) in [4.78, 5) is 11.6. The van der Waals surface area contributed by atoms with Gasteiger partial charge in [-0.1, -0.05) is 12.1 Å². The maximum absolute atomic E-state index is 14.0.